The molecule has 7 heteroatoms. The number of rotatable bonds is 5. The lowest BCUT2D eigenvalue weighted by atomic mass is 10.2. The molecule has 1 fully saturated rings. The third-order valence-corrected chi connectivity index (χ3v) is 5.75. The second-order valence-corrected chi connectivity index (χ2v) is 7.77. The highest BCUT2D eigenvalue weighted by molar-refractivity contribution is 9.10. The summed E-state index contributed by atoms with van der Waals surface area (Å²) in [5.74, 6) is 1.11. The molecule has 1 unspecified atom stereocenters. The monoisotopic (exact) mass is 389 g/mol. The van der Waals surface area contributed by atoms with E-state index in [1.165, 1.54) is 11.8 Å². The van der Waals surface area contributed by atoms with Gasteiger partial charge in [-0.3, -0.25) is 9.59 Å². The van der Waals surface area contributed by atoms with Gasteiger partial charge in [-0.15, -0.1) is 11.8 Å². The molecule has 1 aromatic carbocycles. The molecule has 0 radical (unpaired) electrons. The average Bonchev–Trinajstić information content (AvgIpc) is 2.46. The number of carbonyl (C=O) groups is 2. The quantitative estimate of drug-likeness (QED) is 0.784. The van der Waals surface area contributed by atoms with E-state index >= 15 is 0 Å². The molecular formula is C14H16BrNO3S2. The highest BCUT2D eigenvalue weighted by Gasteiger charge is 2.28. The number of halogens is 1. The molecule has 1 heterocycles. The molecule has 0 saturated carbocycles. The van der Waals surface area contributed by atoms with Crippen LogP contribution in [0.2, 0.25) is 0 Å². The van der Waals surface area contributed by atoms with Crippen LogP contribution in [0, 0.1) is 0 Å². The second kappa shape index (κ2) is 8.10. The average molecular weight is 390 g/mol. The van der Waals surface area contributed by atoms with Crippen molar-refractivity contribution in [2.75, 3.05) is 23.8 Å². The minimum Gasteiger partial charge on any atom is -0.481 e. The van der Waals surface area contributed by atoms with Gasteiger partial charge < -0.3 is 10.0 Å². The van der Waals surface area contributed by atoms with E-state index in [0.717, 1.165) is 15.1 Å². The van der Waals surface area contributed by atoms with E-state index in [0.29, 0.717) is 18.1 Å². The zero-order chi connectivity index (χ0) is 15.2. The highest BCUT2D eigenvalue weighted by atomic mass is 79.9. The van der Waals surface area contributed by atoms with Crippen molar-refractivity contribution in [2.45, 2.75) is 17.4 Å². The Kier molecular flexibility index (Phi) is 6.44. The predicted octanol–water partition coefficient (Wildman–Crippen LogP) is 2.96. The van der Waals surface area contributed by atoms with E-state index in [-0.39, 0.29) is 18.4 Å². The summed E-state index contributed by atoms with van der Waals surface area (Å²) >= 11 is 6.57. The van der Waals surface area contributed by atoms with Gasteiger partial charge in [-0.2, -0.15) is 11.8 Å². The molecule has 1 aliphatic heterocycles. The number of carboxylic acids is 1. The Morgan fingerprint density at radius 2 is 2.10 bits per heavy atom. The van der Waals surface area contributed by atoms with Crippen molar-refractivity contribution >= 4 is 51.3 Å². The minimum absolute atomic E-state index is 0.0227. The molecule has 2 rings (SSSR count). The summed E-state index contributed by atoms with van der Waals surface area (Å²) in [7, 11) is 0. The van der Waals surface area contributed by atoms with Crippen LogP contribution in [0.4, 0.5) is 0 Å². The number of aliphatic carboxylic acids is 1. The summed E-state index contributed by atoms with van der Waals surface area (Å²) in [5.41, 5.74) is 0. The first kappa shape index (κ1) is 16.7. The summed E-state index contributed by atoms with van der Waals surface area (Å²) < 4.78 is 1.01. The molecule has 1 aliphatic rings. The third kappa shape index (κ3) is 5.23. The van der Waals surface area contributed by atoms with E-state index in [1.807, 2.05) is 24.3 Å². The molecule has 0 spiro atoms. The molecule has 1 N–H and O–H groups in total. The van der Waals surface area contributed by atoms with Crippen LogP contribution in [-0.2, 0) is 9.59 Å². The molecule has 1 aromatic rings. The van der Waals surface area contributed by atoms with Crippen LogP contribution < -0.4 is 0 Å². The number of carboxylic acid groups (broad SMARTS) is 1. The fourth-order valence-corrected chi connectivity index (χ4v) is 4.22. The Hall–Kier alpha value is -0.660. The maximum atomic E-state index is 12.3. The maximum Gasteiger partial charge on any atom is 0.305 e. The molecule has 1 amide bonds. The number of thioether (sulfide) groups is 2. The Labute approximate surface area is 140 Å². The molecular weight excluding hydrogens is 374 g/mol. The first-order valence-corrected chi connectivity index (χ1v) is 9.47. The van der Waals surface area contributed by atoms with E-state index in [1.54, 1.807) is 16.7 Å². The zero-order valence-electron chi connectivity index (χ0n) is 11.3. The Bertz CT molecular complexity index is 509. The summed E-state index contributed by atoms with van der Waals surface area (Å²) in [6, 6.07) is 7.63. The van der Waals surface area contributed by atoms with Gasteiger partial charge in [0.25, 0.3) is 0 Å². The fraction of sp³-hybridized carbons (Fsp3) is 0.429. The number of carbonyl (C=O) groups excluding carboxylic acids is 1. The largest absolute Gasteiger partial charge is 0.481 e. The van der Waals surface area contributed by atoms with Gasteiger partial charge in [0.15, 0.2) is 0 Å². The van der Waals surface area contributed by atoms with Crippen molar-refractivity contribution < 1.29 is 14.7 Å². The normalized spacial score (nSPS) is 18.5. The van der Waals surface area contributed by atoms with Gasteiger partial charge in [0.05, 0.1) is 18.2 Å². The second-order valence-electron chi connectivity index (χ2n) is 4.66. The molecule has 0 aromatic heterocycles. The van der Waals surface area contributed by atoms with Gasteiger partial charge in [-0.25, -0.2) is 0 Å². The van der Waals surface area contributed by atoms with Crippen molar-refractivity contribution in [1.82, 2.24) is 4.90 Å². The topological polar surface area (TPSA) is 57.6 Å². The van der Waals surface area contributed by atoms with Crippen molar-refractivity contribution in [1.29, 1.82) is 0 Å². The van der Waals surface area contributed by atoms with Crippen LogP contribution in [0.25, 0.3) is 0 Å². The Morgan fingerprint density at radius 1 is 1.38 bits per heavy atom. The summed E-state index contributed by atoms with van der Waals surface area (Å²) in [5, 5.41) is 8.94. The van der Waals surface area contributed by atoms with Crippen LogP contribution in [-0.4, -0.2) is 51.7 Å². The van der Waals surface area contributed by atoms with E-state index in [2.05, 4.69) is 15.9 Å². The molecule has 4 nitrogen and oxygen atoms in total. The van der Waals surface area contributed by atoms with E-state index in [4.69, 9.17) is 5.11 Å². The lowest BCUT2D eigenvalue weighted by Gasteiger charge is -2.34. The Balaban J connectivity index is 1.91. The molecule has 0 bridgehead atoms. The van der Waals surface area contributed by atoms with Crippen LogP contribution in [0.15, 0.2) is 33.6 Å². The van der Waals surface area contributed by atoms with Gasteiger partial charge in [0, 0.05) is 27.4 Å². The fourth-order valence-electron chi connectivity index (χ4n) is 2.11. The van der Waals surface area contributed by atoms with E-state index in [9.17, 15) is 9.59 Å². The smallest absolute Gasteiger partial charge is 0.305 e. The number of hydrogen-bond donors (Lipinski definition) is 1. The molecule has 0 aliphatic carbocycles. The van der Waals surface area contributed by atoms with Gasteiger partial charge in [0.1, 0.15) is 0 Å². The SMILES string of the molecule is O=C(O)CC1CSCCN1C(=O)CSc1ccc(Br)cc1. The molecule has 21 heavy (non-hydrogen) atoms. The number of amides is 1. The third-order valence-electron chi connectivity index (χ3n) is 3.13. The Morgan fingerprint density at radius 3 is 2.76 bits per heavy atom. The number of hydrogen-bond acceptors (Lipinski definition) is 4. The van der Waals surface area contributed by atoms with Crippen molar-refractivity contribution in [3.05, 3.63) is 28.7 Å². The summed E-state index contributed by atoms with van der Waals surface area (Å²) in [4.78, 5) is 26.0. The molecule has 1 saturated heterocycles. The van der Waals surface area contributed by atoms with Crippen LogP contribution in [0.1, 0.15) is 6.42 Å². The molecule has 114 valence electrons. The summed E-state index contributed by atoms with van der Waals surface area (Å²) in [6.45, 7) is 0.641. The zero-order valence-corrected chi connectivity index (χ0v) is 14.5. The van der Waals surface area contributed by atoms with Crippen LogP contribution in [0.5, 0.6) is 0 Å². The lowest BCUT2D eigenvalue weighted by Crippen LogP contribution is -2.47. The first-order chi connectivity index (χ1) is 10.1. The maximum absolute atomic E-state index is 12.3. The first-order valence-electron chi connectivity index (χ1n) is 6.53. The number of nitrogens with zero attached hydrogens (tertiary/aromatic N) is 1. The van der Waals surface area contributed by atoms with Gasteiger partial charge in [0.2, 0.25) is 5.91 Å². The lowest BCUT2D eigenvalue weighted by molar-refractivity contribution is -0.139. The van der Waals surface area contributed by atoms with Gasteiger partial charge in [-0.1, -0.05) is 15.9 Å². The van der Waals surface area contributed by atoms with Crippen molar-refractivity contribution in [3.63, 3.8) is 0 Å². The van der Waals surface area contributed by atoms with Crippen molar-refractivity contribution in [3.8, 4) is 0 Å². The van der Waals surface area contributed by atoms with Crippen molar-refractivity contribution in [2.24, 2.45) is 0 Å². The number of benzene rings is 1. The predicted molar refractivity (Wildman–Crippen MR) is 89.9 cm³/mol. The minimum atomic E-state index is -0.846. The van der Waals surface area contributed by atoms with Crippen LogP contribution in [0.3, 0.4) is 0 Å². The molecule has 1 atom stereocenters. The summed E-state index contributed by atoms with van der Waals surface area (Å²) in [6.07, 6.45) is 0.0295. The van der Waals surface area contributed by atoms with Gasteiger partial charge >= 0.3 is 5.97 Å². The van der Waals surface area contributed by atoms with Crippen LogP contribution >= 0.6 is 39.5 Å². The van der Waals surface area contributed by atoms with Gasteiger partial charge in [-0.05, 0) is 24.3 Å². The van der Waals surface area contributed by atoms with E-state index < -0.39 is 5.97 Å². The highest BCUT2D eigenvalue weighted by Crippen LogP contribution is 2.24. The standard InChI is InChI=1S/C14H16BrNO3S2/c15-10-1-3-12(4-2-10)21-9-13(17)16-5-6-20-8-11(16)7-14(18)19/h1-4,11H,5-9H2,(H,18,19).